The van der Waals surface area contributed by atoms with Crippen molar-refractivity contribution in [3.05, 3.63) is 0 Å². The van der Waals surface area contributed by atoms with Crippen LogP contribution in [0.4, 0.5) is 0 Å². The van der Waals surface area contributed by atoms with Crippen LogP contribution in [0.5, 0.6) is 0 Å². The summed E-state index contributed by atoms with van der Waals surface area (Å²) < 4.78 is 0. The quantitative estimate of drug-likeness (QED) is 0.750. The summed E-state index contributed by atoms with van der Waals surface area (Å²) in [7, 11) is 2.19. The molecule has 0 saturated heterocycles. The number of nitrogens with zero attached hydrogens (tertiary/aromatic N) is 2. The second kappa shape index (κ2) is 6.22. The van der Waals surface area contributed by atoms with Gasteiger partial charge in [0.1, 0.15) is 5.54 Å². The van der Waals surface area contributed by atoms with Gasteiger partial charge in [0, 0.05) is 12.6 Å². The van der Waals surface area contributed by atoms with E-state index >= 15 is 0 Å². The lowest BCUT2D eigenvalue weighted by Crippen LogP contribution is -2.44. The lowest BCUT2D eigenvalue weighted by atomic mass is 9.99. The highest BCUT2D eigenvalue weighted by atomic mass is 15.1. The lowest BCUT2D eigenvalue weighted by molar-refractivity contribution is 0.223. The Bertz CT molecular complexity index is 240. The van der Waals surface area contributed by atoms with Gasteiger partial charge < -0.3 is 4.90 Å². The fourth-order valence-corrected chi connectivity index (χ4v) is 2.50. The molecular formula is C13H25N3. The van der Waals surface area contributed by atoms with Gasteiger partial charge in [-0.2, -0.15) is 5.26 Å². The van der Waals surface area contributed by atoms with Gasteiger partial charge in [-0.3, -0.25) is 5.32 Å². The molecule has 1 fully saturated rings. The average molecular weight is 223 g/mol. The maximum absolute atomic E-state index is 9.16. The van der Waals surface area contributed by atoms with Crippen molar-refractivity contribution in [1.29, 1.82) is 5.26 Å². The molecule has 1 N–H and O–H groups in total. The van der Waals surface area contributed by atoms with E-state index in [0.717, 1.165) is 25.6 Å². The lowest BCUT2D eigenvalue weighted by Gasteiger charge is -2.29. The number of hydrogen-bond acceptors (Lipinski definition) is 3. The minimum absolute atomic E-state index is 0.360. The van der Waals surface area contributed by atoms with Gasteiger partial charge in [-0.1, -0.05) is 19.8 Å². The normalized spacial score (nSPS) is 20.9. The highest BCUT2D eigenvalue weighted by molar-refractivity contribution is 5.03. The van der Waals surface area contributed by atoms with Crippen LogP contribution >= 0.6 is 0 Å². The summed E-state index contributed by atoms with van der Waals surface area (Å²) >= 11 is 0. The summed E-state index contributed by atoms with van der Waals surface area (Å²) in [5.41, 5.74) is -0.360. The van der Waals surface area contributed by atoms with Gasteiger partial charge in [0.25, 0.3) is 0 Å². The Kier molecular flexibility index (Phi) is 5.24. The summed E-state index contributed by atoms with van der Waals surface area (Å²) in [6.45, 7) is 5.92. The van der Waals surface area contributed by atoms with E-state index in [1.807, 2.05) is 6.92 Å². The summed E-state index contributed by atoms with van der Waals surface area (Å²) in [6.07, 6.45) is 6.32. The van der Waals surface area contributed by atoms with E-state index in [0.29, 0.717) is 0 Å². The Hall–Kier alpha value is -0.590. The molecule has 3 heteroatoms. The summed E-state index contributed by atoms with van der Waals surface area (Å²) in [5, 5.41) is 12.4. The molecule has 3 nitrogen and oxygen atoms in total. The van der Waals surface area contributed by atoms with Crippen LogP contribution in [-0.2, 0) is 0 Å². The van der Waals surface area contributed by atoms with Crippen LogP contribution in [0.3, 0.4) is 0 Å². The largest absolute Gasteiger partial charge is 0.303 e. The summed E-state index contributed by atoms with van der Waals surface area (Å²) in [4.78, 5) is 2.43. The van der Waals surface area contributed by atoms with Crippen LogP contribution < -0.4 is 5.32 Å². The highest BCUT2D eigenvalue weighted by Gasteiger charge is 2.25. The van der Waals surface area contributed by atoms with Gasteiger partial charge in [0.05, 0.1) is 6.07 Å². The Labute approximate surface area is 99.8 Å². The minimum atomic E-state index is -0.360. The molecule has 0 spiro atoms. The smallest absolute Gasteiger partial charge is 0.105 e. The molecule has 1 aliphatic rings. The molecule has 92 valence electrons. The van der Waals surface area contributed by atoms with Crippen molar-refractivity contribution in [3.63, 3.8) is 0 Å². The third kappa shape index (κ3) is 3.77. The van der Waals surface area contributed by atoms with Gasteiger partial charge in [0.15, 0.2) is 0 Å². The first-order chi connectivity index (χ1) is 7.61. The maximum atomic E-state index is 9.16. The molecule has 1 unspecified atom stereocenters. The van der Waals surface area contributed by atoms with Gasteiger partial charge in [-0.15, -0.1) is 0 Å². The van der Waals surface area contributed by atoms with Crippen molar-refractivity contribution in [2.45, 2.75) is 57.5 Å². The van der Waals surface area contributed by atoms with Crippen molar-refractivity contribution < 1.29 is 0 Å². The Morgan fingerprint density at radius 3 is 2.56 bits per heavy atom. The molecule has 0 amide bonds. The van der Waals surface area contributed by atoms with Gasteiger partial charge in [-0.25, -0.2) is 0 Å². The molecule has 0 aromatic heterocycles. The Morgan fingerprint density at radius 1 is 1.44 bits per heavy atom. The predicted octanol–water partition coefficient (Wildman–Crippen LogP) is 2.14. The van der Waals surface area contributed by atoms with Crippen LogP contribution in [0, 0.1) is 11.3 Å². The van der Waals surface area contributed by atoms with Crippen LogP contribution in [0.25, 0.3) is 0 Å². The number of hydrogen-bond donors (Lipinski definition) is 1. The number of nitrogens with one attached hydrogen (secondary N) is 1. The van der Waals surface area contributed by atoms with Gasteiger partial charge in [-0.05, 0) is 39.8 Å². The van der Waals surface area contributed by atoms with Crippen LogP contribution in [0.2, 0.25) is 0 Å². The van der Waals surface area contributed by atoms with Crippen molar-refractivity contribution in [2.75, 3.05) is 20.1 Å². The first-order valence-electron chi connectivity index (χ1n) is 6.48. The average Bonchev–Trinajstić information content (AvgIpc) is 2.80. The SMILES string of the molecule is CCNC(C)(C#N)CCN(C)C1CCCC1. The fourth-order valence-electron chi connectivity index (χ4n) is 2.50. The van der Waals surface area contributed by atoms with E-state index in [1.165, 1.54) is 25.7 Å². The summed E-state index contributed by atoms with van der Waals surface area (Å²) in [5.74, 6) is 0. The third-order valence-electron chi connectivity index (χ3n) is 3.73. The minimum Gasteiger partial charge on any atom is -0.303 e. The molecule has 0 heterocycles. The van der Waals surface area contributed by atoms with Crippen molar-refractivity contribution >= 4 is 0 Å². The molecule has 0 aliphatic heterocycles. The molecule has 0 aromatic rings. The zero-order chi connectivity index (χ0) is 12.0. The fraction of sp³-hybridized carbons (Fsp3) is 0.923. The zero-order valence-corrected chi connectivity index (χ0v) is 10.9. The van der Waals surface area contributed by atoms with Crippen LogP contribution in [0.1, 0.15) is 46.0 Å². The standard InChI is InChI=1S/C13H25N3/c1-4-15-13(2,11-14)9-10-16(3)12-7-5-6-8-12/h12,15H,4-10H2,1-3H3. The van der Waals surface area contributed by atoms with E-state index in [2.05, 4.69) is 30.3 Å². The van der Waals surface area contributed by atoms with Gasteiger partial charge in [0.2, 0.25) is 0 Å². The van der Waals surface area contributed by atoms with Crippen molar-refractivity contribution in [2.24, 2.45) is 0 Å². The van der Waals surface area contributed by atoms with Crippen molar-refractivity contribution in [3.8, 4) is 6.07 Å². The first-order valence-corrected chi connectivity index (χ1v) is 6.48. The van der Waals surface area contributed by atoms with Crippen LogP contribution in [0.15, 0.2) is 0 Å². The molecule has 16 heavy (non-hydrogen) atoms. The first kappa shape index (κ1) is 13.5. The van der Waals surface area contributed by atoms with E-state index < -0.39 is 0 Å². The van der Waals surface area contributed by atoms with E-state index in [9.17, 15) is 0 Å². The highest BCUT2D eigenvalue weighted by Crippen LogP contribution is 2.23. The molecule has 0 aromatic carbocycles. The Morgan fingerprint density at radius 2 is 2.06 bits per heavy atom. The molecule has 1 rings (SSSR count). The predicted molar refractivity (Wildman–Crippen MR) is 67.2 cm³/mol. The van der Waals surface area contributed by atoms with Gasteiger partial charge >= 0.3 is 0 Å². The van der Waals surface area contributed by atoms with E-state index in [-0.39, 0.29) is 5.54 Å². The molecule has 1 saturated carbocycles. The summed E-state index contributed by atoms with van der Waals surface area (Å²) in [6, 6.07) is 3.14. The molecular weight excluding hydrogens is 198 g/mol. The van der Waals surface area contributed by atoms with Crippen molar-refractivity contribution in [1.82, 2.24) is 10.2 Å². The monoisotopic (exact) mass is 223 g/mol. The zero-order valence-electron chi connectivity index (χ0n) is 10.9. The number of rotatable bonds is 6. The van der Waals surface area contributed by atoms with E-state index in [1.54, 1.807) is 0 Å². The number of nitriles is 1. The topological polar surface area (TPSA) is 39.1 Å². The Balaban J connectivity index is 2.34. The van der Waals surface area contributed by atoms with E-state index in [4.69, 9.17) is 5.26 Å². The maximum Gasteiger partial charge on any atom is 0.105 e. The molecule has 0 radical (unpaired) electrons. The molecule has 0 bridgehead atoms. The molecule has 1 aliphatic carbocycles. The van der Waals surface area contributed by atoms with Crippen LogP contribution in [-0.4, -0.2) is 36.6 Å². The third-order valence-corrected chi connectivity index (χ3v) is 3.73. The second-order valence-electron chi connectivity index (χ2n) is 5.14. The molecule has 1 atom stereocenters. The second-order valence-corrected chi connectivity index (χ2v) is 5.14.